The minimum absolute atomic E-state index is 0.136. The highest BCUT2D eigenvalue weighted by molar-refractivity contribution is 8.18. The molecule has 37 heavy (non-hydrogen) atoms. The van der Waals surface area contributed by atoms with Crippen molar-refractivity contribution in [3.8, 4) is 17.2 Å². The number of aryl methyl sites for hydroxylation is 3. The molecular formula is C29H27NO6S. The molecule has 0 aliphatic carbocycles. The van der Waals surface area contributed by atoms with Crippen molar-refractivity contribution in [3.05, 3.63) is 93.4 Å². The number of esters is 1. The van der Waals surface area contributed by atoms with Crippen molar-refractivity contribution in [1.29, 1.82) is 0 Å². The summed E-state index contributed by atoms with van der Waals surface area (Å²) in [5.74, 6) is 0.388. The predicted molar refractivity (Wildman–Crippen MR) is 143 cm³/mol. The standard InChI is InChI=1S/C29H27NO6S/c1-18-6-10-22(11-7-18)28(32)36-25-16-21(9-12-23(25)34-4)17-26-27(31)30(29(33)37-26)13-14-35-24-15-19(2)5-8-20(24)3/h5-12,15-17H,13-14H2,1-4H3/b26-17-. The number of nitrogens with zero attached hydrogens (tertiary/aromatic N) is 1. The summed E-state index contributed by atoms with van der Waals surface area (Å²) in [7, 11) is 1.48. The Morgan fingerprint density at radius 1 is 0.892 bits per heavy atom. The van der Waals surface area contributed by atoms with Crippen LogP contribution < -0.4 is 14.2 Å². The monoisotopic (exact) mass is 517 g/mol. The van der Waals surface area contributed by atoms with Gasteiger partial charge in [-0.1, -0.05) is 35.9 Å². The van der Waals surface area contributed by atoms with Gasteiger partial charge >= 0.3 is 5.97 Å². The zero-order valence-electron chi connectivity index (χ0n) is 21.1. The molecule has 0 bridgehead atoms. The van der Waals surface area contributed by atoms with Crippen LogP contribution in [0.1, 0.15) is 32.6 Å². The predicted octanol–water partition coefficient (Wildman–Crippen LogP) is 5.95. The molecule has 0 spiro atoms. The Bertz CT molecular complexity index is 1380. The largest absolute Gasteiger partial charge is 0.493 e. The molecule has 190 valence electrons. The van der Waals surface area contributed by atoms with E-state index in [0.717, 1.165) is 34.2 Å². The smallest absolute Gasteiger partial charge is 0.343 e. The van der Waals surface area contributed by atoms with E-state index in [1.54, 1.807) is 36.4 Å². The van der Waals surface area contributed by atoms with Gasteiger partial charge < -0.3 is 14.2 Å². The molecule has 1 fully saturated rings. The number of thioether (sulfide) groups is 1. The van der Waals surface area contributed by atoms with Crippen molar-refractivity contribution in [2.45, 2.75) is 20.8 Å². The molecule has 3 aromatic carbocycles. The lowest BCUT2D eigenvalue weighted by molar-refractivity contribution is -0.123. The Balaban J connectivity index is 1.46. The third-order valence-electron chi connectivity index (χ3n) is 5.77. The Labute approximate surface area is 220 Å². The van der Waals surface area contributed by atoms with Crippen LogP contribution in [0.25, 0.3) is 6.08 Å². The number of rotatable bonds is 8. The minimum Gasteiger partial charge on any atom is -0.493 e. The van der Waals surface area contributed by atoms with E-state index in [1.165, 1.54) is 12.0 Å². The zero-order chi connectivity index (χ0) is 26.5. The lowest BCUT2D eigenvalue weighted by atomic mass is 10.1. The van der Waals surface area contributed by atoms with E-state index in [0.29, 0.717) is 16.9 Å². The fourth-order valence-corrected chi connectivity index (χ4v) is 4.53. The van der Waals surface area contributed by atoms with E-state index in [2.05, 4.69) is 0 Å². The highest BCUT2D eigenvalue weighted by Crippen LogP contribution is 2.35. The van der Waals surface area contributed by atoms with Gasteiger partial charge in [-0.05, 0) is 85.6 Å². The zero-order valence-corrected chi connectivity index (χ0v) is 21.9. The molecule has 0 aromatic heterocycles. The molecule has 8 heteroatoms. The van der Waals surface area contributed by atoms with Crippen molar-refractivity contribution in [2.24, 2.45) is 0 Å². The van der Waals surface area contributed by atoms with Crippen LogP contribution in [0.5, 0.6) is 17.2 Å². The molecule has 0 unspecified atom stereocenters. The molecular weight excluding hydrogens is 490 g/mol. The highest BCUT2D eigenvalue weighted by Gasteiger charge is 2.35. The third-order valence-corrected chi connectivity index (χ3v) is 6.67. The van der Waals surface area contributed by atoms with Crippen LogP contribution in [-0.4, -0.2) is 42.3 Å². The maximum atomic E-state index is 12.9. The number of ether oxygens (including phenoxy) is 3. The average molecular weight is 518 g/mol. The number of hydrogen-bond acceptors (Lipinski definition) is 7. The first-order chi connectivity index (χ1) is 17.7. The topological polar surface area (TPSA) is 82.1 Å². The second-order valence-electron chi connectivity index (χ2n) is 8.62. The van der Waals surface area contributed by atoms with E-state index < -0.39 is 11.9 Å². The Hall–Kier alpha value is -4.04. The van der Waals surface area contributed by atoms with Gasteiger partial charge in [-0.15, -0.1) is 0 Å². The first-order valence-electron chi connectivity index (χ1n) is 11.7. The Morgan fingerprint density at radius 2 is 1.62 bits per heavy atom. The van der Waals surface area contributed by atoms with E-state index in [-0.39, 0.29) is 29.0 Å². The fourth-order valence-electron chi connectivity index (χ4n) is 3.67. The summed E-state index contributed by atoms with van der Waals surface area (Å²) in [4.78, 5) is 39.5. The minimum atomic E-state index is -0.528. The van der Waals surface area contributed by atoms with Gasteiger partial charge in [0.2, 0.25) is 0 Å². The molecule has 1 saturated heterocycles. The summed E-state index contributed by atoms with van der Waals surface area (Å²) in [6.45, 7) is 6.18. The van der Waals surface area contributed by atoms with Crippen molar-refractivity contribution in [1.82, 2.24) is 4.90 Å². The van der Waals surface area contributed by atoms with Gasteiger partial charge in [-0.3, -0.25) is 14.5 Å². The second kappa shape index (κ2) is 11.3. The summed E-state index contributed by atoms with van der Waals surface area (Å²) in [5.41, 5.74) is 4.07. The van der Waals surface area contributed by atoms with Crippen LogP contribution >= 0.6 is 11.8 Å². The van der Waals surface area contributed by atoms with Crippen molar-refractivity contribution >= 4 is 35.0 Å². The number of hydrogen-bond donors (Lipinski definition) is 0. The fraction of sp³-hybridized carbons (Fsp3) is 0.207. The lowest BCUT2D eigenvalue weighted by Gasteiger charge is -2.14. The summed E-state index contributed by atoms with van der Waals surface area (Å²) in [6, 6.07) is 17.9. The van der Waals surface area contributed by atoms with E-state index >= 15 is 0 Å². The molecule has 1 aliphatic heterocycles. The number of imide groups is 1. The normalized spacial score (nSPS) is 14.3. The van der Waals surface area contributed by atoms with Gasteiger partial charge in [0.1, 0.15) is 12.4 Å². The molecule has 0 saturated carbocycles. The van der Waals surface area contributed by atoms with Gasteiger partial charge in [-0.2, -0.15) is 0 Å². The molecule has 7 nitrogen and oxygen atoms in total. The van der Waals surface area contributed by atoms with Gasteiger partial charge in [-0.25, -0.2) is 4.79 Å². The Kier molecular flexibility index (Phi) is 7.98. The van der Waals surface area contributed by atoms with Gasteiger partial charge in [0.15, 0.2) is 11.5 Å². The van der Waals surface area contributed by atoms with Gasteiger partial charge in [0.05, 0.1) is 24.1 Å². The molecule has 0 atom stereocenters. The average Bonchev–Trinajstić information content (AvgIpc) is 3.14. The maximum absolute atomic E-state index is 12.9. The molecule has 0 N–H and O–H groups in total. The van der Waals surface area contributed by atoms with Crippen LogP contribution in [-0.2, 0) is 4.79 Å². The number of carbonyl (C=O) groups is 3. The summed E-state index contributed by atoms with van der Waals surface area (Å²) >= 11 is 0.860. The van der Waals surface area contributed by atoms with Crippen molar-refractivity contribution in [3.63, 3.8) is 0 Å². The summed E-state index contributed by atoms with van der Waals surface area (Å²) < 4.78 is 16.7. The van der Waals surface area contributed by atoms with Crippen molar-refractivity contribution in [2.75, 3.05) is 20.3 Å². The molecule has 0 radical (unpaired) electrons. The lowest BCUT2D eigenvalue weighted by Crippen LogP contribution is -2.32. The number of methoxy groups -OCH3 is 1. The number of amides is 2. The maximum Gasteiger partial charge on any atom is 0.343 e. The SMILES string of the molecule is COc1ccc(/C=C2\SC(=O)N(CCOc3cc(C)ccc3C)C2=O)cc1OC(=O)c1ccc(C)cc1. The van der Waals surface area contributed by atoms with E-state index in [4.69, 9.17) is 14.2 Å². The summed E-state index contributed by atoms with van der Waals surface area (Å²) in [6.07, 6.45) is 1.60. The molecule has 3 aromatic rings. The van der Waals surface area contributed by atoms with Crippen LogP contribution in [0, 0.1) is 20.8 Å². The third kappa shape index (κ3) is 6.21. The van der Waals surface area contributed by atoms with E-state index in [1.807, 2.05) is 51.1 Å². The van der Waals surface area contributed by atoms with Crippen molar-refractivity contribution < 1.29 is 28.6 Å². The Morgan fingerprint density at radius 3 is 2.35 bits per heavy atom. The van der Waals surface area contributed by atoms with Gasteiger partial charge in [0.25, 0.3) is 11.1 Å². The second-order valence-corrected chi connectivity index (χ2v) is 9.61. The van der Waals surface area contributed by atoms with Gasteiger partial charge in [0, 0.05) is 0 Å². The first kappa shape index (κ1) is 26.0. The number of benzene rings is 3. The molecule has 2 amide bonds. The van der Waals surface area contributed by atoms with Crippen LogP contribution in [0.3, 0.4) is 0 Å². The summed E-state index contributed by atoms with van der Waals surface area (Å²) in [5, 5.41) is -0.361. The number of carbonyl (C=O) groups excluding carboxylic acids is 3. The quantitative estimate of drug-likeness (QED) is 0.207. The van der Waals surface area contributed by atoms with Crippen LogP contribution in [0.15, 0.2) is 65.6 Å². The molecule has 4 rings (SSSR count). The first-order valence-corrected chi connectivity index (χ1v) is 12.5. The molecule has 1 heterocycles. The van der Waals surface area contributed by atoms with Crippen LogP contribution in [0.2, 0.25) is 0 Å². The molecule has 1 aliphatic rings. The van der Waals surface area contributed by atoms with Crippen LogP contribution in [0.4, 0.5) is 4.79 Å². The highest BCUT2D eigenvalue weighted by atomic mass is 32.2. The van der Waals surface area contributed by atoms with E-state index in [9.17, 15) is 14.4 Å².